The van der Waals surface area contributed by atoms with Gasteiger partial charge in [0, 0.05) is 29.4 Å². The first kappa shape index (κ1) is 19.9. The summed E-state index contributed by atoms with van der Waals surface area (Å²) >= 11 is 6.28. The van der Waals surface area contributed by atoms with E-state index in [-0.39, 0.29) is 24.4 Å². The Kier molecular flexibility index (Phi) is 7.18. The lowest BCUT2D eigenvalue weighted by Crippen LogP contribution is -2.35. The molecule has 2 amide bonds. The molecule has 0 heterocycles. The molecule has 138 valence electrons. The summed E-state index contributed by atoms with van der Waals surface area (Å²) < 4.78 is 0. The smallest absolute Gasteiger partial charge is 0.238 e. The minimum Gasteiger partial charge on any atom is -0.326 e. The molecule has 0 aliphatic rings. The topological polar surface area (TPSA) is 61.4 Å². The SMILES string of the molecule is CCN(CC(=O)Nc1ccc(NC(C)=O)cc1)[C@@H](C)c1ccccc1Cl. The van der Waals surface area contributed by atoms with Crippen LogP contribution >= 0.6 is 11.6 Å². The maximum Gasteiger partial charge on any atom is 0.238 e. The fraction of sp³-hybridized carbons (Fsp3) is 0.300. The highest BCUT2D eigenvalue weighted by Crippen LogP contribution is 2.26. The number of hydrogen-bond acceptors (Lipinski definition) is 3. The number of halogens is 1. The van der Waals surface area contributed by atoms with E-state index in [1.54, 1.807) is 24.3 Å². The molecule has 2 aromatic rings. The summed E-state index contributed by atoms with van der Waals surface area (Å²) in [6, 6.07) is 14.7. The van der Waals surface area contributed by atoms with Crippen LogP contribution < -0.4 is 10.6 Å². The Morgan fingerprint density at radius 1 is 1.04 bits per heavy atom. The quantitative estimate of drug-likeness (QED) is 0.759. The minimum absolute atomic E-state index is 0.0293. The minimum atomic E-state index is -0.131. The van der Waals surface area contributed by atoms with Crippen LogP contribution in [0.5, 0.6) is 0 Å². The Morgan fingerprint density at radius 3 is 2.15 bits per heavy atom. The Morgan fingerprint density at radius 2 is 1.62 bits per heavy atom. The maximum atomic E-state index is 12.4. The lowest BCUT2D eigenvalue weighted by molar-refractivity contribution is -0.118. The van der Waals surface area contributed by atoms with Gasteiger partial charge >= 0.3 is 0 Å². The van der Waals surface area contributed by atoms with Gasteiger partial charge in [0.05, 0.1) is 6.54 Å². The average Bonchev–Trinajstić information content (AvgIpc) is 2.61. The van der Waals surface area contributed by atoms with Gasteiger partial charge in [-0.1, -0.05) is 36.7 Å². The molecule has 1 atom stereocenters. The van der Waals surface area contributed by atoms with Crippen molar-refractivity contribution in [3.05, 3.63) is 59.1 Å². The van der Waals surface area contributed by atoms with E-state index in [1.807, 2.05) is 38.1 Å². The van der Waals surface area contributed by atoms with Crippen LogP contribution in [0.25, 0.3) is 0 Å². The van der Waals surface area contributed by atoms with Crippen LogP contribution in [0.4, 0.5) is 11.4 Å². The van der Waals surface area contributed by atoms with E-state index in [0.29, 0.717) is 16.4 Å². The van der Waals surface area contributed by atoms with E-state index in [4.69, 9.17) is 11.6 Å². The second kappa shape index (κ2) is 9.36. The van der Waals surface area contributed by atoms with Crippen LogP contribution in [-0.2, 0) is 9.59 Å². The van der Waals surface area contributed by atoms with Gasteiger partial charge in [0.2, 0.25) is 11.8 Å². The molecule has 0 aliphatic heterocycles. The molecule has 2 N–H and O–H groups in total. The monoisotopic (exact) mass is 373 g/mol. The number of rotatable bonds is 7. The molecule has 0 saturated heterocycles. The van der Waals surface area contributed by atoms with Crippen molar-refractivity contribution in [1.29, 1.82) is 0 Å². The second-order valence-electron chi connectivity index (χ2n) is 6.07. The van der Waals surface area contributed by atoms with E-state index in [1.165, 1.54) is 6.92 Å². The number of amides is 2. The maximum absolute atomic E-state index is 12.4. The predicted molar refractivity (Wildman–Crippen MR) is 106 cm³/mol. The highest BCUT2D eigenvalue weighted by molar-refractivity contribution is 6.31. The van der Waals surface area contributed by atoms with Gasteiger partial charge in [-0.2, -0.15) is 0 Å². The van der Waals surface area contributed by atoms with Gasteiger partial charge in [0.15, 0.2) is 0 Å². The highest BCUT2D eigenvalue weighted by Gasteiger charge is 2.19. The number of carbonyl (C=O) groups is 2. The largest absolute Gasteiger partial charge is 0.326 e. The van der Waals surface area contributed by atoms with E-state index in [2.05, 4.69) is 15.5 Å². The van der Waals surface area contributed by atoms with Gasteiger partial charge in [-0.15, -0.1) is 0 Å². The Bertz CT molecular complexity index is 762. The molecule has 0 aromatic heterocycles. The molecule has 2 aromatic carbocycles. The van der Waals surface area contributed by atoms with Crippen LogP contribution in [0, 0.1) is 0 Å². The van der Waals surface area contributed by atoms with Crippen molar-refractivity contribution in [3.63, 3.8) is 0 Å². The predicted octanol–water partition coefficient (Wildman–Crippen LogP) is 4.32. The number of nitrogens with zero attached hydrogens (tertiary/aromatic N) is 1. The number of carbonyl (C=O) groups excluding carboxylic acids is 2. The van der Waals surface area contributed by atoms with Crippen LogP contribution in [0.15, 0.2) is 48.5 Å². The number of nitrogens with one attached hydrogen (secondary N) is 2. The average molecular weight is 374 g/mol. The molecule has 6 heteroatoms. The summed E-state index contributed by atoms with van der Waals surface area (Å²) in [5.74, 6) is -0.230. The van der Waals surface area contributed by atoms with Crippen LogP contribution in [0.1, 0.15) is 32.4 Å². The molecule has 0 spiro atoms. The fourth-order valence-electron chi connectivity index (χ4n) is 2.76. The van der Waals surface area contributed by atoms with Gasteiger partial charge in [-0.25, -0.2) is 0 Å². The first-order valence-corrected chi connectivity index (χ1v) is 8.94. The van der Waals surface area contributed by atoms with E-state index in [0.717, 1.165) is 12.1 Å². The summed E-state index contributed by atoms with van der Waals surface area (Å²) in [6.07, 6.45) is 0. The van der Waals surface area contributed by atoms with Crippen molar-refractivity contribution >= 4 is 34.8 Å². The van der Waals surface area contributed by atoms with Crippen molar-refractivity contribution in [1.82, 2.24) is 4.90 Å². The molecule has 0 fully saturated rings. The Labute approximate surface area is 159 Å². The highest BCUT2D eigenvalue weighted by atomic mass is 35.5. The van der Waals surface area contributed by atoms with Gasteiger partial charge in [0.1, 0.15) is 0 Å². The lowest BCUT2D eigenvalue weighted by Gasteiger charge is -2.28. The van der Waals surface area contributed by atoms with Gasteiger partial charge in [-0.3, -0.25) is 14.5 Å². The fourth-order valence-corrected chi connectivity index (χ4v) is 3.05. The lowest BCUT2D eigenvalue weighted by atomic mass is 10.1. The van der Waals surface area contributed by atoms with Crippen molar-refractivity contribution in [3.8, 4) is 0 Å². The number of hydrogen-bond donors (Lipinski definition) is 2. The molecule has 0 aliphatic carbocycles. The standard InChI is InChI=1S/C20H24ClN3O2/c1-4-24(14(2)18-7-5-6-8-19(18)21)13-20(26)23-17-11-9-16(10-12-17)22-15(3)25/h5-12,14H,4,13H2,1-3H3,(H,22,25)(H,23,26)/t14-/m0/s1. The molecule has 2 rings (SSSR count). The van der Waals surface area contributed by atoms with E-state index in [9.17, 15) is 9.59 Å². The molecule has 0 radical (unpaired) electrons. The zero-order valence-electron chi connectivity index (χ0n) is 15.3. The molecule has 0 bridgehead atoms. The summed E-state index contributed by atoms with van der Waals surface area (Å²) in [4.78, 5) is 25.5. The third-order valence-corrected chi connectivity index (χ3v) is 4.49. The molecule has 26 heavy (non-hydrogen) atoms. The normalized spacial score (nSPS) is 11.9. The van der Waals surface area contributed by atoms with E-state index >= 15 is 0 Å². The number of anilines is 2. The zero-order chi connectivity index (χ0) is 19.1. The number of benzene rings is 2. The van der Waals surface area contributed by atoms with Gasteiger partial charge in [0.25, 0.3) is 0 Å². The third kappa shape index (κ3) is 5.58. The third-order valence-electron chi connectivity index (χ3n) is 4.14. The summed E-state index contributed by atoms with van der Waals surface area (Å²) in [5, 5.41) is 6.28. The van der Waals surface area contributed by atoms with Crippen molar-refractivity contribution in [2.75, 3.05) is 23.7 Å². The van der Waals surface area contributed by atoms with Crippen LogP contribution in [0.2, 0.25) is 5.02 Å². The molecular formula is C20H24ClN3O2. The number of likely N-dealkylation sites (N-methyl/N-ethyl adjacent to an activating group) is 1. The van der Waals surface area contributed by atoms with E-state index < -0.39 is 0 Å². The summed E-state index contributed by atoms with van der Waals surface area (Å²) in [5.41, 5.74) is 2.38. The molecule has 0 unspecified atom stereocenters. The summed E-state index contributed by atoms with van der Waals surface area (Å²) in [6.45, 7) is 6.50. The molecular weight excluding hydrogens is 350 g/mol. The Balaban J connectivity index is 1.98. The van der Waals surface area contributed by atoms with Gasteiger partial charge in [-0.05, 0) is 49.4 Å². The first-order valence-electron chi connectivity index (χ1n) is 8.56. The summed E-state index contributed by atoms with van der Waals surface area (Å²) in [7, 11) is 0. The van der Waals surface area contributed by atoms with Crippen molar-refractivity contribution in [2.24, 2.45) is 0 Å². The molecule has 0 saturated carbocycles. The van der Waals surface area contributed by atoms with Crippen LogP contribution in [-0.4, -0.2) is 29.8 Å². The molecule has 5 nitrogen and oxygen atoms in total. The second-order valence-corrected chi connectivity index (χ2v) is 6.47. The first-order chi connectivity index (χ1) is 12.4. The van der Waals surface area contributed by atoms with Crippen LogP contribution in [0.3, 0.4) is 0 Å². The Hall–Kier alpha value is -2.37. The van der Waals surface area contributed by atoms with Crippen molar-refractivity contribution in [2.45, 2.75) is 26.8 Å². The van der Waals surface area contributed by atoms with Gasteiger partial charge < -0.3 is 10.6 Å². The zero-order valence-corrected chi connectivity index (χ0v) is 16.0. The van der Waals surface area contributed by atoms with Crippen molar-refractivity contribution < 1.29 is 9.59 Å².